The van der Waals surface area contributed by atoms with Crippen molar-refractivity contribution in [3.05, 3.63) is 35.9 Å². The Morgan fingerprint density at radius 2 is 1.80 bits per heavy atom. The average molecular weight is 203 g/mol. The highest BCUT2D eigenvalue weighted by atomic mass is 14.6. The van der Waals surface area contributed by atoms with Gasteiger partial charge in [-0.1, -0.05) is 50.1 Å². The third-order valence-electron chi connectivity index (χ3n) is 4.14. The van der Waals surface area contributed by atoms with E-state index in [1.807, 2.05) is 0 Å². The van der Waals surface area contributed by atoms with Crippen molar-refractivity contribution in [1.29, 1.82) is 0 Å². The molecule has 0 spiro atoms. The molecule has 1 nitrogen and oxygen atoms in total. The molecule has 1 atom stereocenters. The second kappa shape index (κ2) is 4.36. The normalized spacial score (nSPS) is 21.5. The van der Waals surface area contributed by atoms with Gasteiger partial charge in [0.25, 0.3) is 0 Å². The predicted octanol–water partition coefficient (Wildman–Crippen LogP) is 3.09. The standard InChI is InChI=1S/C14H21N/c1-12(11-15)14(9-5-6-10-14)13-7-3-2-4-8-13/h2-4,7-8,12H,5-6,9-11,15H2,1H3. The fourth-order valence-corrected chi connectivity index (χ4v) is 3.07. The highest BCUT2D eigenvalue weighted by molar-refractivity contribution is 5.27. The molecular weight excluding hydrogens is 182 g/mol. The molecule has 1 saturated carbocycles. The van der Waals surface area contributed by atoms with Gasteiger partial charge in [0.2, 0.25) is 0 Å². The molecule has 15 heavy (non-hydrogen) atoms. The van der Waals surface area contributed by atoms with Crippen LogP contribution in [0.15, 0.2) is 30.3 Å². The maximum Gasteiger partial charge on any atom is -0.000939 e. The zero-order valence-electron chi connectivity index (χ0n) is 9.58. The number of rotatable bonds is 3. The summed E-state index contributed by atoms with van der Waals surface area (Å²) >= 11 is 0. The third kappa shape index (κ3) is 1.81. The van der Waals surface area contributed by atoms with E-state index >= 15 is 0 Å². The Kier molecular flexibility index (Phi) is 3.11. The summed E-state index contributed by atoms with van der Waals surface area (Å²) in [6, 6.07) is 10.9. The van der Waals surface area contributed by atoms with Crippen LogP contribution in [0.5, 0.6) is 0 Å². The van der Waals surface area contributed by atoms with E-state index in [4.69, 9.17) is 5.73 Å². The quantitative estimate of drug-likeness (QED) is 0.802. The molecule has 0 radical (unpaired) electrons. The van der Waals surface area contributed by atoms with E-state index in [9.17, 15) is 0 Å². The molecule has 2 rings (SSSR count). The van der Waals surface area contributed by atoms with Gasteiger partial charge in [-0.25, -0.2) is 0 Å². The molecule has 1 aromatic rings. The molecule has 1 unspecified atom stereocenters. The van der Waals surface area contributed by atoms with Crippen LogP contribution in [0.1, 0.15) is 38.2 Å². The number of hydrogen-bond acceptors (Lipinski definition) is 1. The molecule has 0 saturated heterocycles. The second-order valence-electron chi connectivity index (χ2n) is 4.87. The largest absolute Gasteiger partial charge is 0.330 e. The van der Waals surface area contributed by atoms with Gasteiger partial charge < -0.3 is 5.73 Å². The number of nitrogens with two attached hydrogens (primary N) is 1. The third-order valence-corrected chi connectivity index (χ3v) is 4.14. The minimum atomic E-state index is 0.371. The Bertz CT molecular complexity index is 298. The first kappa shape index (κ1) is 10.7. The first-order valence-electron chi connectivity index (χ1n) is 6.05. The molecule has 1 heteroatoms. The van der Waals surface area contributed by atoms with Gasteiger partial charge in [-0.15, -0.1) is 0 Å². The summed E-state index contributed by atoms with van der Waals surface area (Å²) < 4.78 is 0. The summed E-state index contributed by atoms with van der Waals surface area (Å²) in [5, 5.41) is 0. The average Bonchev–Trinajstić information content (AvgIpc) is 2.79. The maximum absolute atomic E-state index is 5.87. The lowest BCUT2D eigenvalue weighted by molar-refractivity contribution is 0.299. The Morgan fingerprint density at radius 1 is 1.20 bits per heavy atom. The zero-order valence-corrected chi connectivity index (χ0v) is 9.58. The van der Waals surface area contributed by atoms with Crippen LogP contribution in [-0.2, 0) is 5.41 Å². The van der Waals surface area contributed by atoms with Gasteiger partial charge in [0, 0.05) is 0 Å². The van der Waals surface area contributed by atoms with Crippen molar-refractivity contribution in [2.45, 2.75) is 38.0 Å². The van der Waals surface area contributed by atoms with Crippen molar-refractivity contribution in [1.82, 2.24) is 0 Å². The molecule has 1 fully saturated rings. The minimum absolute atomic E-state index is 0.371. The van der Waals surface area contributed by atoms with E-state index in [-0.39, 0.29) is 0 Å². The van der Waals surface area contributed by atoms with Gasteiger partial charge in [0.05, 0.1) is 0 Å². The maximum atomic E-state index is 5.87. The summed E-state index contributed by atoms with van der Waals surface area (Å²) in [6.07, 6.45) is 5.35. The van der Waals surface area contributed by atoms with Crippen molar-refractivity contribution >= 4 is 0 Å². The predicted molar refractivity (Wildman–Crippen MR) is 64.8 cm³/mol. The topological polar surface area (TPSA) is 26.0 Å². The van der Waals surface area contributed by atoms with Crippen LogP contribution in [0, 0.1) is 5.92 Å². The van der Waals surface area contributed by atoms with Crippen molar-refractivity contribution in [2.24, 2.45) is 11.7 Å². The Hall–Kier alpha value is -0.820. The van der Waals surface area contributed by atoms with Crippen molar-refractivity contribution in [2.75, 3.05) is 6.54 Å². The highest BCUT2D eigenvalue weighted by Crippen LogP contribution is 2.46. The monoisotopic (exact) mass is 203 g/mol. The lowest BCUT2D eigenvalue weighted by Crippen LogP contribution is -2.35. The van der Waals surface area contributed by atoms with Crippen LogP contribution in [0.25, 0.3) is 0 Å². The van der Waals surface area contributed by atoms with E-state index in [2.05, 4.69) is 37.3 Å². The zero-order chi connectivity index (χ0) is 10.7. The Morgan fingerprint density at radius 3 is 2.33 bits per heavy atom. The molecule has 82 valence electrons. The van der Waals surface area contributed by atoms with Gasteiger partial charge in [-0.05, 0) is 36.3 Å². The van der Waals surface area contributed by atoms with Crippen LogP contribution >= 0.6 is 0 Å². The van der Waals surface area contributed by atoms with E-state index in [0.717, 1.165) is 6.54 Å². The lowest BCUT2D eigenvalue weighted by Gasteiger charge is -2.35. The van der Waals surface area contributed by atoms with Gasteiger partial charge in [0.1, 0.15) is 0 Å². The van der Waals surface area contributed by atoms with E-state index < -0.39 is 0 Å². The first-order chi connectivity index (χ1) is 7.29. The second-order valence-corrected chi connectivity index (χ2v) is 4.87. The molecule has 0 aromatic heterocycles. The summed E-state index contributed by atoms with van der Waals surface area (Å²) in [5.74, 6) is 0.599. The summed E-state index contributed by atoms with van der Waals surface area (Å²) in [4.78, 5) is 0. The number of hydrogen-bond donors (Lipinski definition) is 1. The summed E-state index contributed by atoms with van der Waals surface area (Å²) in [6.45, 7) is 3.10. The Balaban J connectivity index is 2.35. The Labute approximate surface area is 92.7 Å². The fourth-order valence-electron chi connectivity index (χ4n) is 3.07. The molecule has 0 heterocycles. The summed E-state index contributed by atoms with van der Waals surface area (Å²) in [7, 11) is 0. The van der Waals surface area contributed by atoms with Crippen molar-refractivity contribution in [3.63, 3.8) is 0 Å². The van der Waals surface area contributed by atoms with Gasteiger partial charge in [-0.3, -0.25) is 0 Å². The van der Waals surface area contributed by atoms with Crippen LogP contribution in [0.2, 0.25) is 0 Å². The van der Waals surface area contributed by atoms with E-state index in [0.29, 0.717) is 11.3 Å². The van der Waals surface area contributed by atoms with Crippen molar-refractivity contribution in [3.8, 4) is 0 Å². The molecule has 2 N–H and O–H groups in total. The highest BCUT2D eigenvalue weighted by Gasteiger charge is 2.39. The SMILES string of the molecule is CC(CN)C1(c2ccccc2)CCCC1. The molecule has 1 aliphatic carbocycles. The molecule has 0 amide bonds. The first-order valence-corrected chi connectivity index (χ1v) is 6.05. The lowest BCUT2D eigenvalue weighted by atomic mass is 9.70. The fraction of sp³-hybridized carbons (Fsp3) is 0.571. The minimum Gasteiger partial charge on any atom is -0.330 e. The van der Waals surface area contributed by atoms with Crippen LogP contribution in [0.3, 0.4) is 0 Å². The van der Waals surface area contributed by atoms with Crippen molar-refractivity contribution < 1.29 is 0 Å². The van der Waals surface area contributed by atoms with Crippen LogP contribution in [-0.4, -0.2) is 6.54 Å². The van der Waals surface area contributed by atoms with E-state index in [1.165, 1.54) is 31.2 Å². The van der Waals surface area contributed by atoms with E-state index in [1.54, 1.807) is 0 Å². The van der Waals surface area contributed by atoms with Gasteiger partial charge >= 0.3 is 0 Å². The number of benzene rings is 1. The van der Waals surface area contributed by atoms with Crippen LogP contribution in [0.4, 0.5) is 0 Å². The molecule has 0 aliphatic heterocycles. The molecule has 1 aliphatic rings. The molecular formula is C14H21N. The smallest absolute Gasteiger partial charge is 0.000939 e. The molecule has 1 aromatic carbocycles. The summed E-state index contributed by atoms with van der Waals surface area (Å²) in [5.41, 5.74) is 7.75. The van der Waals surface area contributed by atoms with Gasteiger partial charge in [0.15, 0.2) is 0 Å². The van der Waals surface area contributed by atoms with Crippen LogP contribution < -0.4 is 5.73 Å². The van der Waals surface area contributed by atoms with Gasteiger partial charge in [-0.2, -0.15) is 0 Å². The molecule has 0 bridgehead atoms.